The summed E-state index contributed by atoms with van der Waals surface area (Å²) in [5.41, 5.74) is 0. The van der Waals surface area contributed by atoms with E-state index in [1.807, 2.05) is 0 Å². The van der Waals surface area contributed by atoms with Crippen molar-refractivity contribution < 1.29 is 13.5 Å². The smallest absolute Gasteiger partial charge is 0.387 e. The standard InChI is InChI=1S/C7H3Br2F2IO/c8-4-1-3(12)2-5(9)6(4)13-7(10)11/h1-2,7H. The molecule has 0 unspecified atom stereocenters. The monoisotopic (exact) mass is 426 g/mol. The van der Waals surface area contributed by atoms with Crippen molar-refractivity contribution in [1.82, 2.24) is 0 Å². The summed E-state index contributed by atoms with van der Waals surface area (Å²) < 4.78 is 30.1. The molecule has 0 spiro atoms. The Labute approximate surface area is 104 Å². The molecule has 6 heteroatoms. The zero-order valence-electron chi connectivity index (χ0n) is 6.03. The second kappa shape index (κ2) is 4.88. The van der Waals surface area contributed by atoms with Gasteiger partial charge >= 0.3 is 6.61 Å². The van der Waals surface area contributed by atoms with Crippen LogP contribution in [0, 0.1) is 3.57 Å². The molecule has 0 aliphatic heterocycles. The van der Waals surface area contributed by atoms with Crippen molar-refractivity contribution in [1.29, 1.82) is 0 Å². The van der Waals surface area contributed by atoms with Gasteiger partial charge in [-0.25, -0.2) is 0 Å². The van der Waals surface area contributed by atoms with Gasteiger partial charge in [0.1, 0.15) is 0 Å². The van der Waals surface area contributed by atoms with E-state index in [1.165, 1.54) is 0 Å². The van der Waals surface area contributed by atoms with Gasteiger partial charge in [0.05, 0.1) is 8.95 Å². The predicted molar refractivity (Wildman–Crippen MR) is 61.2 cm³/mol. The fourth-order valence-electron chi connectivity index (χ4n) is 0.731. The Kier molecular flexibility index (Phi) is 4.37. The molecular weight excluding hydrogens is 425 g/mol. The SMILES string of the molecule is FC(F)Oc1c(Br)cc(I)cc1Br. The van der Waals surface area contributed by atoms with Crippen LogP contribution in [-0.4, -0.2) is 6.61 Å². The molecule has 0 saturated heterocycles. The van der Waals surface area contributed by atoms with Gasteiger partial charge < -0.3 is 4.74 Å². The zero-order valence-corrected chi connectivity index (χ0v) is 11.4. The number of hydrogen-bond acceptors (Lipinski definition) is 1. The number of benzene rings is 1. The topological polar surface area (TPSA) is 9.23 Å². The average Bonchev–Trinajstić information content (AvgIpc) is 1.96. The third-order valence-electron chi connectivity index (χ3n) is 1.17. The van der Waals surface area contributed by atoms with E-state index in [2.05, 4.69) is 59.2 Å². The molecule has 1 rings (SSSR count). The number of ether oxygens (including phenoxy) is 1. The Morgan fingerprint density at radius 1 is 1.23 bits per heavy atom. The van der Waals surface area contributed by atoms with Gasteiger partial charge in [0.25, 0.3) is 0 Å². The largest absolute Gasteiger partial charge is 0.432 e. The first-order valence-electron chi connectivity index (χ1n) is 3.10. The molecule has 13 heavy (non-hydrogen) atoms. The van der Waals surface area contributed by atoms with Crippen LogP contribution in [0.25, 0.3) is 0 Å². The van der Waals surface area contributed by atoms with Gasteiger partial charge in [-0.3, -0.25) is 0 Å². The maximum absolute atomic E-state index is 11.9. The van der Waals surface area contributed by atoms with Gasteiger partial charge in [-0.05, 0) is 66.6 Å². The normalized spacial score (nSPS) is 10.6. The van der Waals surface area contributed by atoms with Crippen molar-refractivity contribution in [2.75, 3.05) is 0 Å². The van der Waals surface area contributed by atoms with E-state index in [-0.39, 0.29) is 5.75 Å². The van der Waals surface area contributed by atoms with Crippen molar-refractivity contribution in [2.24, 2.45) is 0 Å². The van der Waals surface area contributed by atoms with Crippen molar-refractivity contribution in [3.8, 4) is 5.75 Å². The molecular formula is C7H3Br2F2IO. The van der Waals surface area contributed by atoms with E-state index in [9.17, 15) is 8.78 Å². The van der Waals surface area contributed by atoms with E-state index in [0.717, 1.165) is 3.57 Å². The van der Waals surface area contributed by atoms with Gasteiger partial charge in [0, 0.05) is 3.57 Å². The first kappa shape index (κ1) is 11.6. The number of alkyl halides is 2. The predicted octanol–water partition coefficient (Wildman–Crippen LogP) is 4.42. The maximum Gasteiger partial charge on any atom is 0.387 e. The van der Waals surface area contributed by atoms with E-state index in [1.54, 1.807) is 12.1 Å². The molecule has 0 bridgehead atoms. The van der Waals surface area contributed by atoms with Crippen molar-refractivity contribution in [3.05, 3.63) is 24.6 Å². The van der Waals surface area contributed by atoms with Crippen LogP contribution in [0.2, 0.25) is 0 Å². The van der Waals surface area contributed by atoms with E-state index < -0.39 is 6.61 Å². The van der Waals surface area contributed by atoms with E-state index >= 15 is 0 Å². The highest BCUT2D eigenvalue weighted by molar-refractivity contribution is 14.1. The van der Waals surface area contributed by atoms with Gasteiger partial charge in [0.15, 0.2) is 5.75 Å². The van der Waals surface area contributed by atoms with E-state index in [0.29, 0.717) is 8.95 Å². The molecule has 0 N–H and O–H groups in total. The van der Waals surface area contributed by atoms with Crippen LogP contribution >= 0.6 is 54.5 Å². The molecule has 0 aromatic heterocycles. The van der Waals surface area contributed by atoms with Crippen LogP contribution in [0.5, 0.6) is 5.75 Å². The lowest BCUT2D eigenvalue weighted by Crippen LogP contribution is -2.03. The minimum atomic E-state index is -2.81. The van der Waals surface area contributed by atoms with Crippen molar-refractivity contribution in [2.45, 2.75) is 6.61 Å². The second-order valence-corrected chi connectivity index (χ2v) is 5.03. The first-order valence-corrected chi connectivity index (χ1v) is 5.76. The lowest BCUT2D eigenvalue weighted by atomic mass is 10.3. The molecule has 0 aliphatic rings. The van der Waals surface area contributed by atoms with Gasteiger partial charge in [0.2, 0.25) is 0 Å². The average molecular weight is 428 g/mol. The number of rotatable bonds is 2. The summed E-state index contributed by atoms with van der Waals surface area (Å²) >= 11 is 8.34. The Balaban J connectivity index is 3.06. The molecule has 0 atom stereocenters. The van der Waals surface area contributed by atoms with Crippen LogP contribution in [0.1, 0.15) is 0 Å². The number of halogens is 5. The Morgan fingerprint density at radius 2 is 1.69 bits per heavy atom. The van der Waals surface area contributed by atoms with Gasteiger partial charge in [-0.1, -0.05) is 0 Å². The summed E-state index contributed by atoms with van der Waals surface area (Å²) in [4.78, 5) is 0. The Morgan fingerprint density at radius 3 is 2.08 bits per heavy atom. The van der Waals surface area contributed by atoms with Crippen molar-refractivity contribution >= 4 is 54.5 Å². The molecule has 0 aliphatic carbocycles. The highest BCUT2D eigenvalue weighted by Gasteiger charge is 2.12. The minimum absolute atomic E-state index is 0.121. The highest BCUT2D eigenvalue weighted by atomic mass is 127. The maximum atomic E-state index is 11.9. The molecule has 1 aromatic rings. The summed E-state index contributed by atoms with van der Waals surface area (Å²) in [6, 6.07) is 3.39. The summed E-state index contributed by atoms with van der Waals surface area (Å²) in [6.45, 7) is -2.81. The van der Waals surface area contributed by atoms with Gasteiger partial charge in [-0.2, -0.15) is 8.78 Å². The molecule has 1 aromatic carbocycles. The lowest BCUT2D eigenvalue weighted by Gasteiger charge is -2.09. The third-order valence-corrected chi connectivity index (χ3v) is 2.97. The second-order valence-electron chi connectivity index (χ2n) is 2.08. The summed E-state index contributed by atoms with van der Waals surface area (Å²) in [6.07, 6.45) is 0. The Bertz CT molecular complexity index is 296. The van der Waals surface area contributed by atoms with Gasteiger partial charge in [-0.15, -0.1) is 0 Å². The third kappa shape index (κ3) is 3.32. The highest BCUT2D eigenvalue weighted by Crippen LogP contribution is 2.35. The van der Waals surface area contributed by atoms with Crippen LogP contribution in [-0.2, 0) is 0 Å². The fraction of sp³-hybridized carbons (Fsp3) is 0.143. The van der Waals surface area contributed by atoms with Crippen molar-refractivity contribution in [3.63, 3.8) is 0 Å². The first-order chi connectivity index (χ1) is 6.00. The summed E-state index contributed by atoms with van der Waals surface area (Å²) in [5.74, 6) is 0.121. The molecule has 0 fully saturated rings. The number of hydrogen-bond donors (Lipinski definition) is 0. The molecule has 0 radical (unpaired) electrons. The molecule has 72 valence electrons. The Hall–Kier alpha value is 0.570. The van der Waals surface area contributed by atoms with Crippen LogP contribution in [0.15, 0.2) is 21.1 Å². The summed E-state index contributed by atoms with van der Waals surface area (Å²) in [5, 5.41) is 0. The lowest BCUT2D eigenvalue weighted by molar-refractivity contribution is -0.0508. The van der Waals surface area contributed by atoms with Crippen LogP contribution < -0.4 is 4.74 Å². The van der Waals surface area contributed by atoms with Crippen LogP contribution in [0.4, 0.5) is 8.78 Å². The molecule has 0 saturated carbocycles. The van der Waals surface area contributed by atoms with E-state index in [4.69, 9.17) is 0 Å². The molecule has 1 nitrogen and oxygen atoms in total. The minimum Gasteiger partial charge on any atom is -0.432 e. The quantitative estimate of drug-likeness (QED) is 0.635. The molecule has 0 heterocycles. The van der Waals surface area contributed by atoms with Crippen LogP contribution in [0.3, 0.4) is 0 Å². The summed E-state index contributed by atoms with van der Waals surface area (Å²) in [7, 11) is 0. The zero-order chi connectivity index (χ0) is 10.0. The fourth-order valence-corrected chi connectivity index (χ4v) is 3.58. The molecule has 0 amide bonds.